The van der Waals surface area contributed by atoms with Crippen LogP contribution in [0.2, 0.25) is 0 Å². The first-order valence-corrected chi connectivity index (χ1v) is 1.63. The van der Waals surface area contributed by atoms with Crippen LogP contribution < -0.4 is 0 Å². The molecule has 0 fully saturated rings. The molecule has 0 unspecified atom stereocenters. The van der Waals surface area contributed by atoms with Crippen molar-refractivity contribution in [3.05, 3.63) is 0 Å². The van der Waals surface area contributed by atoms with E-state index in [-0.39, 0.29) is 35.5 Å². The van der Waals surface area contributed by atoms with Crippen LogP contribution in [0.1, 0.15) is 28.7 Å². The van der Waals surface area contributed by atoms with E-state index in [0.29, 0.717) is 6.42 Å². The summed E-state index contributed by atoms with van der Waals surface area (Å²) < 4.78 is 0. The summed E-state index contributed by atoms with van der Waals surface area (Å²) in [6.45, 7) is 0.188. The first-order chi connectivity index (χ1) is 2.41. The molecule has 8 heavy (non-hydrogen) atoms. The molecule has 2 N–H and O–H groups in total. The van der Waals surface area contributed by atoms with E-state index in [1.165, 1.54) is 0 Å². The van der Waals surface area contributed by atoms with Crippen LogP contribution in [-0.2, 0) is 0 Å². The Balaban J connectivity index is -0.0000000267. The quantitative estimate of drug-likeness (QED) is 0.582. The van der Waals surface area contributed by atoms with Crippen LogP contribution >= 0.6 is 0 Å². The molecule has 0 aliphatic heterocycles. The fraction of sp³-hybridized carbons (Fsp3) is 1.00. The van der Waals surface area contributed by atoms with E-state index in [2.05, 4.69) is 0 Å². The van der Waals surface area contributed by atoms with Crippen LogP contribution in [0.4, 0.5) is 0 Å². The smallest absolute Gasteiger partial charge is 0.0452 e. The van der Waals surface area contributed by atoms with Gasteiger partial charge in [0.05, 0.1) is 0 Å². The third-order valence-corrected chi connectivity index (χ3v) is 0.316. The highest BCUT2D eigenvalue weighted by atomic mass is 16.3. The first kappa shape index (κ1) is 24.7. The van der Waals surface area contributed by atoms with Crippen LogP contribution in [0.5, 0.6) is 0 Å². The highest BCUT2D eigenvalue weighted by Crippen LogP contribution is 1.65. The van der Waals surface area contributed by atoms with Gasteiger partial charge in [0.25, 0.3) is 0 Å². The molecule has 2 nitrogen and oxygen atoms in total. The minimum Gasteiger partial charge on any atom is -0.396 e. The highest BCUT2D eigenvalue weighted by Gasteiger charge is 1.70. The Morgan fingerprint density at radius 3 is 1.00 bits per heavy atom. The van der Waals surface area contributed by atoms with Gasteiger partial charge in [-0.2, -0.15) is 0 Å². The van der Waals surface area contributed by atoms with Gasteiger partial charge < -0.3 is 10.2 Å². The monoisotopic (exact) mass is 124 g/mol. The number of rotatable bonds is 2. The first-order valence-electron chi connectivity index (χ1n) is 1.63. The molecule has 0 bridgehead atoms. The maximum Gasteiger partial charge on any atom is 0.0452 e. The fourth-order valence-corrected chi connectivity index (χ4v) is 0.0707. The average molecular weight is 124 g/mol. The van der Waals surface area contributed by atoms with E-state index in [1.807, 2.05) is 0 Å². The normalized spacial score (nSPS) is 5.25. The second-order valence-electron chi connectivity index (χ2n) is 0.801. The Labute approximate surface area is 53.2 Å². The zero-order valence-electron chi connectivity index (χ0n) is 3.02. The van der Waals surface area contributed by atoms with Crippen LogP contribution in [0.15, 0.2) is 0 Å². The Bertz CT molecular complexity index is 14.0. The summed E-state index contributed by atoms with van der Waals surface area (Å²) in [6.07, 6.45) is 0.500. The van der Waals surface area contributed by atoms with Gasteiger partial charge in [-0.25, -0.2) is 0 Å². The summed E-state index contributed by atoms with van der Waals surface area (Å²) in [4.78, 5) is 0. The molecule has 0 aromatic rings. The average Bonchev–Trinajstić information content (AvgIpc) is 1.41. The topological polar surface area (TPSA) is 40.5 Å². The minimum atomic E-state index is 0. The summed E-state index contributed by atoms with van der Waals surface area (Å²) in [7, 11) is 0. The summed E-state index contributed by atoms with van der Waals surface area (Å²) in [5.41, 5.74) is 0. The van der Waals surface area contributed by atoms with Crippen molar-refractivity contribution in [2.24, 2.45) is 0 Å². The van der Waals surface area contributed by atoms with Crippen LogP contribution in [-0.4, -0.2) is 23.4 Å². The van der Waals surface area contributed by atoms with E-state index in [4.69, 9.17) is 10.2 Å². The van der Waals surface area contributed by atoms with Crippen molar-refractivity contribution < 1.29 is 10.2 Å². The Kier molecular flexibility index (Phi) is 87.8. The van der Waals surface area contributed by atoms with Crippen LogP contribution in [0, 0.1) is 0 Å². The molecule has 0 radical (unpaired) electrons. The standard InChI is InChI=1S/C3H8O2.3CH4/c4-2-1-3-5;;;/h4-5H,1-3H2;3*1H4. The molecule has 0 amide bonds. The molecule has 56 valence electrons. The molecule has 2 heteroatoms. The fourth-order valence-electron chi connectivity index (χ4n) is 0.0707. The molecule has 0 aliphatic rings. The van der Waals surface area contributed by atoms with Gasteiger partial charge in [0, 0.05) is 13.2 Å². The molecule has 0 spiro atoms. The van der Waals surface area contributed by atoms with Crippen molar-refractivity contribution in [3.8, 4) is 0 Å². The van der Waals surface area contributed by atoms with Crippen molar-refractivity contribution >= 4 is 0 Å². The van der Waals surface area contributed by atoms with Gasteiger partial charge in [0.2, 0.25) is 0 Å². The molecule has 0 saturated heterocycles. The van der Waals surface area contributed by atoms with Crippen molar-refractivity contribution in [2.75, 3.05) is 13.2 Å². The number of hydrogen-bond acceptors (Lipinski definition) is 2. The van der Waals surface area contributed by atoms with E-state index in [9.17, 15) is 0 Å². The van der Waals surface area contributed by atoms with E-state index >= 15 is 0 Å². The predicted octanol–water partition coefficient (Wildman–Crippen LogP) is 1.27. The highest BCUT2D eigenvalue weighted by molar-refractivity contribution is 4.22. The van der Waals surface area contributed by atoms with Crippen LogP contribution in [0.25, 0.3) is 0 Å². The summed E-state index contributed by atoms with van der Waals surface area (Å²) in [5, 5.41) is 15.8. The maximum absolute atomic E-state index is 7.91. The Morgan fingerprint density at radius 2 is 1.00 bits per heavy atom. The van der Waals surface area contributed by atoms with Gasteiger partial charge >= 0.3 is 0 Å². The van der Waals surface area contributed by atoms with Crippen molar-refractivity contribution in [3.63, 3.8) is 0 Å². The predicted molar refractivity (Wildman–Crippen MR) is 39.0 cm³/mol. The Hall–Kier alpha value is -0.0800. The van der Waals surface area contributed by atoms with E-state index in [0.717, 1.165) is 0 Å². The lowest BCUT2D eigenvalue weighted by atomic mass is 10.5. The molecule has 0 aromatic heterocycles. The van der Waals surface area contributed by atoms with Crippen LogP contribution in [0.3, 0.4) is 0 Å². The number of aliphatic hydroxyl groups is 2. The van der Waals surface area contributed by atoms with Crippen molar-refractivity contribution in [1.29, 1.82) is 0 Å². The minimum absolute atomic E-state index is 0. The third kappa shape index (κ3) is 38.9. The number of hydrogen-bond donors (Lipinski definition) is 2. The lowest BCUT2D eigenvalue weighted by Gasteiger charge is -1.79. The molecule has 0 aliphatic carbocycles. The lowest BCUT2D eigenvalue weighted by Crippen LogP contribution is -1.85. The van der Waals surface area contributed by atoms with E-state index < -0.39 is 0 Å². The van der Waals surface area contributed by atoms with Crippen molar-refractivity contribution in [1.82, 2.24) is 0 Å². The van der Waals surface area contributed by atoms with Gasteiger partial charge in [0.15, 0.2) is 0 Å². The molecule has 0 heterocycles. The molecule has 0 saturated carbocycles. The van der Waals surface area contributed by atoms with Gasteiger partial charge in [-0.15, -0.1) is 0 Å². The number of aliphatic hydroxyl groups excluding tert-OH is 2. The molecule has 0 aromatic carbocycles. The largest absolute Gasteiger partial charge is 0.396 e. The zero-order valence-corrected chi connectivity index (χ0v) is 3.02. The second-order valence-corrected chi connectivity index (χ2v) is 0.801. The third-order valence-electron chi connectivity index (χ3n) is 0.316. The molecule has 0 atom stereocenters. The summed E-state index contributed by atoms with van der Waals surface area (Å²) >= 11 is 0. The summed E-state index contributed by atoms with van der Waals surface area (Å²) in [6, 6.07) is 0. The van der Waals surface area contributed by atoms with Gasteiger partial charge in [-0.05, 0) is 6.42 Å². The molecular weight excluding hydrogens is 104 g/mol. The van der Waals surface area contributed by atoms with Gasteiger partial charge in [-0.3, -0.25) is 0 Å². The van der Waals surface area contributed by atoms with Gasteiger partial charge in [0.1, 0.15) is 0 Å². The zero-order chi connectivity index (χ0) is 4.12. The lowest BCUT2D eigenvalue weighted by molar-refractivity contribution is 0.221. The Morgan fingerprint density at radius 1 is 0.750 bits per heavy atom. The maximum atomic E-state index is 7.91. The second kappa shape index (κ2) is 28.4. The molecular formula is C6H20O2. The van der Waals surface area contributed by atoms with E-state index in [1.54, 1.807) is 0 Å². The summed E-state index contributed by atoms with van der Waals surface area (Å²) in [5.74, 6) is 0. The van der Waals surface area contributed by atoms with Crippen molar-refractivity contribution in [2.45, 2.75) is 28.7 Å². The van der Waals surface area contributed by atoms with Gasteiger partial charge in [-0.1, -0.05) is 22.3 Å². The molecule has 0 rings (SSSR count). The SMILES string of the molecule is C.C.C.OCCCO.